The van der Waals surface area contributed by atoms with Crippen molar-refractivity contribution in [3.8, 4) is 0 Å². The highest BCUT2D eigenvalue weighted by molar-refractivity contribution is 5.92. The molecule has 4 nitrogen and oxygen atoms in total. The summed E-state index contributed by atoms with van der Waals surface area (Å²) in [5.74, 6) is 1.23. The maximum atomic E-state index is 12.5. The van der Waals surface area contributed by atoms with E-state index in [9.17, 15) is 4.79 Å². The zero-order valence-electron chi connectivity index (χ0n) is 15.9. The average Bonchev–Trinajstić information content (AvgIpc) is 2.99. The Hall–Kier alpha value is -0.810. The summed E-state index contributed by atoms with van der Waals surface area (Å²) in [5.41, 5.74) is 3.70. The highest BCUT2D eigenvalue weighted by Crippen LogP contribution is 2.30. The second-order valence-electron chi connectivity index (χ2n) is 7.49. The summed E-state index contributed by atoms with van der Waals surface area (Å²) in [6, 6.07) is 6.31. The highest BCUT2D eigenvalue weighted by atomic mass is 35.5. The number of carbonyl (C=O) groups excluding carboxylic acids is 1. The van der Waals surface area contributed by atoms with Gasteiger partial charge in [-0.3, -0.25) is 9.69 Å². The molecule has 2 aliphatic rings. The molecule has 2 heterocycles. The topological polar surface area (TPSA) is 44.4 Å². The predicted molar refractivity (Wildman–Crippen MR) is 113 cm³/mol. The van der Waals surface area contributed by atoms with Crippen molar-refractivity contribution in [2.75, 3.05) is 25.0 Å². The molecule has 1 fully saturated rings. The summed E-state index contributed by atoms with van der Waals surface area (Å²) in [4.78, 5) is 15.0. The Morgan fingerprint density at radius 2 is 2.15 bits per heavy atom. The molecular formula is C20H33Cl2N3O. The fourth-order valence-electron chi connectivity index (χ4n) is 4.11. The van der Waals surface area contributed by atoms with Crippen LogP contribution in [-0.4, -0.2) is 30.4 Å². The fourth-order valence-corrected chi connectivity index (χ4v) is 4.11. The van der Waals surface area contributed by atoms with Crippen molar-refractivity contribution in [3.05, 3.63) is 29.3 Å². The zero-order valence-corrected chi connectivity index (χ0v) is 17.6. The highest BCUT2D eigenvalue weighted by Gasteiger charge is 2.24. The number of nitrogens with one attached hydrogen (secondary N) is 2. The maximum Gasteiger partial charge on any atom is 0.224 e. The van der Waals surface area contributed by atoms with Crippen molar-refractivity contribution in [1.82, 2.24) is 10.2 Å². The van der Waals surface area contributed by atoms with Gasteiger partial charge in [0.1, 0.15) is 0 Å². The zero-order chi connectivity index (χ0) is 16.9. The number of benzene rings is 1. The van der Waals surface area contributed by atoms with Crippen molar-refractivity contribution in [3.63, 3.8) is 0 Å². The van der Waals surface area contributed by atoms with Gasteiger partial charge in [0.05, 0.1) is 0 Å². The first-order valence-corrected chi connectivity index (χ1v) is 9.51. The number of nitrogens with zero attached hydrogens (tertiary/aromatic N) is 1. The molecule has 2 unspecified atom stereocenters. The summed E-state index contributed by atoms with van der Waals surface area (Å²) in [6.45, 7) is 9.70. The molecule has 1 amide bonds. The van der Waals surface area contributed by atoms with E-state index in [4.69, 9.17) is 0 Å². The van der Waals surface area contributed by atoms with Gasteiger partial charge in [-0.05, 0) is 67.9 Å². The minimum Gasteiger partial charge on any atom is -0.326 e. The van der Waals surface area contributed by atoms with Gasteiger partial charge in [0, 0.05) is 25.2 Å². The van der Waals surface area contributed by atoms with E-state index in [0.29, 0.717) is 18.3 Å². The molecule has 26 heavy (non-hydrogen) atoms. The molecule has 1 aromatic carbocycles. The van der Waals surface area contributed by atoms with Gasteiger partial charge in [-0.25, -0.2) is 0 Å². The van der Waals surface area contributed by atoms with E-state index in [0.717, 1.165) is 38.4 Å². The lowest BCUT2D eigenvalue weighted by atomic mass is 9.85. The molecule has 0 bridgehead atoms. The van der Waals surface area contributed by atoms with Crippen LogP contribution < -0.4 is 10.6 Å². The van der Waals surface area contributed by atoms with E-state index < -0.39 is 0 Å². The Bertz CT molecular complexity index is 576. The molecule has 1 aromatic rings. The Morgan fingerprint density at radius 1 is 1.35 bits per heavy atom. The normalized spacial score (nSPS) is 20.5. The number of halogens is 2. The van der Waals surface area contributed by atoms with Gasteiger partial charge in [-0.2, -0.15) is 0 Å². The third kappa shape index (κ3) is 5.85. The van der Waals surface area contributed by atoms with E-state index in [1.165, 1.54) is 30.4 Å². The van der Waals surface area contributed by atoms with Gasteiger partial charge in [-0.15, -0.1) is 24.8 Å². The molecule has 1 saturated heterocycles. The molecule has 0 aliphatic carbocycles. The number of piperidine rings is 1. The Kier molecular flexibility index (Phi) is 9.94. The van der Waals surface area contributed by atoms with Crippen LogP contribution in [0.4, 0.5) is 5.69 Å². The van der Waals surface area contributed by atoms with Crippen molar-refractivity contribution >= 4 is 36.4 Å². The monoisotopic (exact) mass is 401 g/mol. The van der Waals surface area contributed by atoms with Crippen molar-refractivity contribution in [2.24, 2.45) is 11.8 Å². The molecule has 0 saturated carbocycles. The number of anilines is 1. The van der Waals surface area contributed by atoms with E-state index in [2.05, 4.69) is 47.6 Å². The van der Waals surface area contributed by atoms with Crippen LogP contribution in [0.15, 0.2) is 18.2 Å². The summed E-state index contributed by atoms with van der Waals surface area (Å²) in [6.07, 6.45) is 4.27. The lowest BCUT2D eigenvalue weighted by molar-refractivity contribution is -0.117. The van der Waals surface area contributed by atoms with Gasteiger partial charge in [0.15, 0.2) is 0 Å². The summed E-state index contributed by atoms with van der Waals surface area (Å²) in [5, 5.41) is 6.64. The van der Waals surface area contributed by atoms with E-state index in [1.54, 1.807) is 0 Å². The largest absolute Gasteiger partial charge is 0.326 e. The molecule has 6 heteroatoms. The Balaban J connectivity index is 0.00000169. The molecule has 0 aromatic heterocycles. The smallest absolute Gasteiger partial charge is 0.224 e. The van der Waals surface area contributed by atoms with Crippen LogP contribution in [0.2, 0.25) is 0 Å². The van der Waals surface area contributed by atoms with Crippen LogP contribution in [0, 0.1) is 11.8 Å². The average molecular weight is 402 g/mol. The molecule has 0 radical (unpaired) electrons. The summed E-state index contributed by atoms with van der Waals surface area (Å²) < 4.78 is 0. The molecule has 3 rings (SSSR count). The lowest BCUT2D eigenvalue weighted by Gasteiger charge is -2.28. The number of carbonyl (C=O) groups is 1. The molecule has 2 aliphatic heterocycles. The molecular weight excluding hydrogens is 369 g/mol. The van der Waals surface area contributed by atoms with Gasteiger partial charge in [0.2, 0.25) is 5.91 Å². The van der Waals surface area contributed by atoms with Crippen LogP contribution in [0.25, 0.3) is 0 Å². The van der Waals surface area contributed by atoms with E-state index in [1.807, 2.05) is 0 Å². The third-order valence-corrected chi connectivity index (χ3v) is 5.51. The Labute approximate surface area is 170 Å². The van der Waals surface area contributed by atoms with Crippen LogP contribution in [-0.2, 0) is 17.9 Å². The van der Waals surface area contributed by atoms with E-state index in [-0.39, 0.29) is 30.7 Å². The van der Waals surface area contributed by atoms with Crippen LogP contribution in [0.3, 0.4) is 0 Å². The van der Waals surface area contributed by atoms with Gasteiger partial charge < -0.3 is 10.6 Å². The second-order valence-corrected chi connectivity index (χ2v) is 7.49. The molecule has 148 valence electrons. The number of rotatable bonds is 6. The summed E-state index contributed by atoms with van der Waals surface area (Å²) in [7, 11) is 0. The van der Waals surface area contributed by atoms with Crippen molar-refractivity contribution < 1.29 is 4.79 Å². The quantitative estimate of drug-likeness (QED) is 0.749. The van der Waals surface area contributed by atoms with Crippen LogP contribution >= 0.6 is 24.8 Å². The van der Waals surface area contributed by atoms with Crippen LogP contribution in [0.5, 0.6) is 0 Å². The lowest BCUT2D eigenvalue weighted by Crippen LogP contribution is -2.34. The van der Waals surface area contributed by atoms with E-state index >= 15 is 0 Å². The number of fused-ring (bicyclic) bond motifs is 1. The first kappa shape index (κ1) is 23.2. The summed E-state index contributed by atoms with van der Waals surface area (Å²) >= 11 is 0. The minimum atomic E-state index is 0. The number of hydrogen-bond donors (Lipinski definition) is 2. The fraction of sp³-hybridized carbons (Fsp3) is 0.650. The van der Waals surface area contributed by atoms with Crippen molar-refractivity contribution in [1.29, 1.82) is 0 Å². The first-order chi connectivity index (χ1) is 11.7. The van der Waals surface area contributed by atoms with Crippen molar-refractivity contribution in [2.45, 2.75) is 52.6 Å². The third-order valence-electron chi connectivity index (χ3n) is 5.51. The van der Waals surface area contributed by atoms with Crippen LogP contribution in [0.1, 0.15) is 50.7 Å². The van der Waals surface area contributed by atoms with Gasteiger partial charge in [-0.1, -0.05) is 26.0 Å². The molecule has 0 spiro atoms. The number of hydrogen-bond acceptors (Lipinski definition) is 3. The Morgan fingerprint density at radius 3 is 2.85 bits per heavy atom. The predicted octanol–water partition coefficient (Wildman–Crippen LogP) is 4.22. The second kappa shape index (κ2) is 11.1. The van der Waals surface area contributed by atoms with Gasteiger partial charge in [0.25, 0.3) is 0 Å². The maximum absolute atomic E-state index is 12.5. The minimum absolute atomic E-state index is 0. The SMILES string of the molecule is CCCN1Cc2cccc(NC(=O)CC(C)C3CCCNC3)c2C1.Cl.Cl. The first-order valence-electron chi connectivity index (χ1n) is 9.51. The number of amides is 1. The molecule has 2 atom stereocenters. The van der Waals surface area contributed by atoms with Gasteiger partial charge >= 0.3 is 0 Å². The standard InChI is InChI=1S/C20H31N3O.2ClH/c1-3-10-23-13-17-6-4-8-19(18(17)14-23)22-20(24)11-15(2)16-7-5-9-21-12-16;;/h4,6,8,15-16,21H,3,5,7,9-14H2,1-2H3,(H,22,24);2*1H. The molecule has 2 N–H and O–H groups in total.